The van der Waals surface area contributed by atoms with Gasteiger partial charge < -0.3 is 14.5 Å². The van der Waals surface area contributed by atoms with Crippen LogP contribution in [0.3, 0.4) is 0 Å². The van der Waals surface area contributed by atoms with Crippen LogP contribution in [-0.2, 0) is 19.7 Å². The van der Waals surface area contributed by atoms with Crippen molar-refractivity contribution in [3.05, 3.63) is 34.3 Å². The molecule has 6 heteroatoms. The fraction of sp³-hybridized carbons (Fsp3) is 0.600. The summed E-state index contributed by atoms with van der Waals surface area (Å²) >= 11 is 3.47. The molecule has 3 rings (SSSR count). The topological polar surface area (TPSA) is 49.9 Å². The number of amides is 2. The van der Waals surface area contributed by atoms with Gasteiger partial charge >= 0.3 is 0 Å². The summed E-state index contributed by atoms with van der Waals surface area (Å²) in [5, 5.41) is 0. The number of halogens is 1. The summed E-state index contributed by atoms with van der Waals surface area (Å²) in [5.41, 5.74) is 0.554. The summed E-state index contributed by atoms with van der Waals surface area (Å²) in [6.45, 7) is 7.51. The highest BCUT2D eigenvalue weighted by atomic mass is 79.9. The average Bonchev–Trinajstić information content (AvgIpc) is 2.68. The van der Waals surface area contributed by atoms with Crippen molar-refractivity contribution >= 4 is 27.7 Å². The van der Waals surface area contributed by atoms with Crippen LogP contribution in [0.1, 0.15) is 32.3 Å². The lowest BCUT2D eigenvalue weighted by Crippen LogP contribution is -2.57. The molecule has 0 atom stereocenters. The van der Waals surface area contributed by atoms with E-state index in [4.69, 9.17) is 4.74 Å². The molecule has 0 aliphatic carbocycles. The number of rotatable bonds is 3. The first-order valence-corrected chi connectivity index (χ1v) is 10.2. The number of piperazine rings is 1. The van der Waals surface area contributed by atoms with Gasteiger partial charge in [-0.15, -0.1) is 0 Å². The highest BCUT2D eigenvalue weighted by Crippen LogP contribution is 2.37. The Hall–Kier alpha value is -1.40. The van der Waals surface area contributed by atoms with Crippen LogP contribution in [0.15, 0.2) is 28.7 Å². The van der Waals surface area contributed by atoms with Crippen molar-refractivity contribution in [3.8, 4) is 0 Å². The lowest BCUT2D eigenvalue weighted by Gasteiger charge is -2.43. The van der Waals surface area contributed by atoms with E-state index in [1.54, 1.807) is 0 Å². The molecule has 0 radical (unpaired) electrons. The summed E-state index contributed by atoms with van der Waals surface area (Å²) in [5.74, 6) is 0.354. The molecule has 142 valence electrons. The van der Waals surface area contributed by atoms with Crippen molar-refractivity contribution < 1.29 is 14.3 Å². The maximum Gasteiger partial charge on any atom is 0.233 e. The molecule has 0 bridgehead atoms. The Morgan fingerprint density at radius 2 is 1.54 bits per heavy atom. The zero-order valence-corrected chi connectivity index (χ0v) is 17.1. The molecule has 2 saturated heterocycles. The van der Waals surface area contributed by atoms with Crippen LogP contribution in [0.25, 0.3) is 0 Å². The Labute approximate surface area is 163 Å². The molecule has 26 heavy (non-hydrogen) atoms. The highest BCUT2D eigenvalue weighted by Gasteiger charge is 2.44. The molecule has 0 spiro atoms. The number of benzene rings is 1. The summed E-state index contributed by atoms with van der Waals surface area (Å²) in [6.07, 6.45) is 1.41. The molecule has 2 heterocycles. The third-order valence-electron chi connectivity index (χ3n) is 5.53. The smallest absolute Gasteiger partial charge is 0.233 e. The maximum absolute atomic E-state index is 13.5. The lowest BCUT2D eigenvalue weighted by molar-refractivity contribution is -0.147. The van der Waals surface area contributed by atoms with E-state index >= 15 is 0 Å². The van der Waals surface area contributed by atoms with Gasteiger partial charge in [-0.3, -0.25) is 9.59 Å². The van der Waals surface area contributed by atoms with Gasteiger partial charge in [0.15, 0.2) is 0 Å². The van der Waals surface area contributed by atoms with Crippen LogP contribution in [0.2, 0.25) is 0 Å². The number of carbonyl (C=O) groups excluding carboxylic acids is 2. The van der Waals surface area contributed by atoms with Gasteiger partial charge in [0.1, 0.15) is 0 Å². The van der Waals surface area contributed by atoms with Gasteiger partial charge in [0, 0.05) is 49.8 Å². The van der Waals surface area contributed by atoms with E-state index < -0.39 is 5.41 Å². The molecular formula is C20H27BrN2O3. The van der Waals surface area contributed by atoms with Crippen molar-refractivity contribution in [2.45, 2.75) is 32.1 Å². The summed E-state index contributed by atoms with van der Waals surface area (Å²) in [7, 11) is 0. The average molecular weight is 423 g/mol. The van der Waals surface area contributed by atoms with Gasteiger partial charge in [-0.25, -0.2) is 0 Å². The first-order chi connectivity index (χ1) is 12.4. The minimum absolute atomic E-state index is 0.00172. The molecule has 2 fully saturated rings. The molecule has 2 amide bonds. The molecule has 0 unspecified atom stereocenters. The zero-order chi connectivity index (χ0) is 18.7. The Kier molecular flexibility index (Phi) is 6.03. The van der Waals surface area contributed by atoms with E-state index in [0.29, 0.717) is 52.2 Å². The molecule has 0 saturated carbocycles. The predicted molar refractivity (Wildman–Crippen MR) is 104 cm³/mol. The molecule has 0 aromatic heterocycles. The number of ether oxygens (including phenoxy) is 1. The number of nitrogens with zero attached hydrogens (tertiary/aromatic N) is 2. The maximum atomic E-state index is 13.5. The minimum atomic E-state index is -0.511. The van der Waals surface area contributed by atoms with Gasteiger partial charge in [0.2, 0.25) is 11.8 Å². The Morgan fingerprint density at radius 3 is 2.08 bits per heavy atom. The van der Waals surface area contributed by atoms with Crippen LogP contribution in [-0.4, -0.2) is 61.0 Å². The predicted octanol–water partition coefficient (Wildman–Crippen LogP) is 2.82. The van der Waals surface area contributed by atoms with Crippen molar-refractivity contribution in [3.63, 3.8) is 0 Å². The first-order valence-electron chi connectivity index (χ1n) is 9.36. The fourth-order valence-electron chi connectivity index (χ4n) is 3.91. The van der Waals surface area contributed by atoms with Crippen molar-refractivity contribution in [2.24, 2.45) is 5.92 Å². The molecule has 5 nitrogen and oxygen atoms in total. The van der Waals surface area contributed by atoms with Crippen LogP contribution in [0.4, 0.5) is 0 Å². The summed E-state index contributed by atoms with van der Waals surface area (Å²) < 4.78 is 6.56. The second-order valence-corrected chi connectivity index (χ2v) is 8.39. The molecule has 1 aromatic carbocycles. The second-order valence-electron chi connectivity index (χ2n) is 7.47. The Bertz CT molecular complexity index is 646. The molecule has 2 aliphatic heterocycles. The zero-order valence-electron chi connectivity index (χ0n) is 15.5. The van der Waals surface area contributed by atoms with Crippen LogP contribution < -0.4 is 0 Å². The van der Waals surface area contributed by atoms with E-state index in [-0.39, 0.29) is 17.7 Å². The van der Waals surface area contributed by atoms with Crippen LogP contribution >= 0.6 is 15.9 Å². The summed E-state index contributed by atoms with van der Waals surface area (Å²) in [4.78, 5) is 29.5. The fourth-order valence-corrected chi connectivity index (χ4v) is 4.18. The van der Waals surface area contributed by atoms with Crippen molar-refractivity contribution in [1.82, 2.24) is 9.80 Å². The third kappa shape index (κ3) is 3.81. The first kappa shape index (κ1) is 19.4. The number of carbonyl (C=O) groups is 2. The third-order valence-corrected chi connectivity index (χ3v) is 6.05. The largest absolute Gasteiger partial charge is 0.381 e. The number of hydrogen-bond donors (Lipinski definition) is 0. The normalized spacial score (nSPS) is 20.3. The second kappa shape index (κ2) is 8.09. The quantitative estimate of drug-likeness (QED) is 0.752. The van der Waals surface area contributed by atoms with Crippen LogP contribution in [0.5, 0.6) is 0 Å². The van der Waals surface area contributed by atoms with Crippen LogP contribution in [0, 0.1) is 5.92 Å². The molecule has 2 aliphatic rings. The van der Waals surface area contributed by atoms with E-state index in [1.807, 2.05) is 47.9 Å². The van der Waals surface area contributed by atoms with Gasteiger partial charge in [-0.1, -0.05) is 41.9 Å². The Balaban J connectivity index is 1.77. The van der Waals surface area contributed by atoms with E-state index in [9.17, 15) is 9.59 Å². The molecular weight excluding hydrogens is 396 g/mol. The molecule has 0 N–H and O–H groups in total. The van der Waals surface area contributed by atoms with Gasteiger partial charge in [-0.05, 0) is 30.5 Å². The van der Waals surface area contributed by atoms with E-state index in [1.165, 1.54) is 0 Å². The van der Waals surface area contributed by atoms with Gasteiger partial charge in [0.05, 0.1) is 5.41 Å². The van der Waals surface area contributed by atoms with E-state index in [0.717, 1.165) is 10.0 Å². The van der Waals surface area contributed by atoms with E-state index in [2.05, 4.69) is 15.9 Å². The SMILES string of the molecule is CC(C)C(=O)N1CCN(C(=O)C2(c3ccc(Br)cc3)CCOCC2)CC1. The van der Waals surface area contributed by atoms with Gasteiger partial charge in [-0.2, -0.15) is 0 Å². The van der Waals surface area contributed by atoms with Crippen molar-refractivity contribution in [1.29, 1.82) is 0 Å². The molecule has 1 aromatic rings. The van der Waals surface area contributed by atoms with Crippen molar-refractivity contribution in [2.75, 3.05) is 39.4 Å². The monoisotopic (exact) mass is 422 g/mol. The number of hydrogen-bond acceptors (Lipinski definition) is 3. The van der Waals surface area contributed by atoms with Gasteiger partial charge in [0.25, 0.3) is 0 Å². The minimum Gasteiger partial charge on any atom is -0.381 e. The highest BCUT2D eigenvalue weighted by molar-refractivity contribution is 9.10. The summed E-state index contributed by atoms with van der Waals surface area (Å²) in [6, 6.07) is 8.09. The Morgan fingerprint density at radius 1 is 1.00 bits per heavy atom. The lowest BCUT2D eigenvalue weighted by atomic mass is 9.73. The standard InChI is InChI=1S/C20H27BrN2O3/c1-15(2)18(24)22-9-11-23(12-10-22)19(25)20(7-13-26-14-8-20)16-3-5-17(21)6-4-16/h3-6,15H,7-14H2,1-2H3.